The molecule has 1 aromatic heterocycles. The molecule has 1 heterocycles. The van der Waals surface area contributed by atoms with Crippen LogP contribution in [0, 0.1) is 5.92 Å². The van der Waals surface area contributed by atoms with Gasteiger partial charge in [0.1, 0.15) is 10.6 Å². The summed E-state index contributed by atoms with van der Waals surface area (Å²) < 4.78 is 40.1. The summed E-state index contributed by atoms with van der Waals surface area (Å²) in [7, 11) is -3.84. The van der Waals surface area contributed by atoms with Gasteiger partial charge in [0.25, 0.3) is 10.0 Å². The van der Waals surface area contributed by atoms with Gasteiger partial charge in [0, 0.05) is 17.3 Å². The molecule has 33 heavy (non-hydrogen) atoms. The number of benzene rings is 2. The third-order valence-electron chi connectivity index (χ3n) is 4.86. The Balaban J connectivity index is 1.78. The number of hydrogen-bond acceptors (Lipinski definition) is 6. The van der Waals surface area contributed by atoms with Crippen molar-refractivity contribution in [2.24, 2.45) is 5.92 Å². The molecule has 0 saturated heterocycles. The highest BCUT2D eigenvalue weighted by atomic mass is 32.2. The van der Waals surface area contributed by atoms with Crippen molar-refractivity contribution >= 4 is 15.7 Å². The monoisotopic (exact) mass is 469 g/mol. The molecule has 0 saturated carbocycles. The number of nitrogens with one attached hydrogen (secondary N) is 1. The molecule has 0 bridgehead atoms. The molecule has 0 aliphatic carbocycles. The van der Waals surface area contributed by atoms with E-state index in [1.165, 1.54) is 0 Å². The van der Waals surface area contributed by atoms with E-state index in [1.54, 1.807) is 42.5 Å². The second kappa shape index (κ2) is 10.7. The number of rotatable bonds is 10. The van der Waals surface area contributed by atoms with Crippen LogP contribution in [0.2, 0.25) is 0 Å². The average molecular weight is 470 g/mol. The van der Waals surface area contributed by atoms with Gasteiger partial charge in [-0.3, -0.25) is 4.72 Å². The third-order valence-corrected chi connectivity index (χ3v) is 6.26. The average Bonchev–Trinajstić information content (AvgIpc) is 2.78. The molecule has 3 aromatic rings. The lowest BCUT2D eigenvalue weighted by Gasteiger charge is -2.15. The van der Waals surface area contributed by atoms with Gasteiger partial charge in [-0.05, 0) is 54.7 Å². The zero-order chi connectivity index (χ0) is 24.0. The molecule has 0 amide bonds. The largest absolute Gasteiger partial charge is 0.492 e. The van der Waals surface area contributed by atoms with E-state index in [0.717, 1.165) is 11.1 Å². The Kier molecular flexibility index (Phi) is 7.92. The first-order valence-electron chi connectivity index (χ1n) is 11.1. The van der Waals surface area contributed by atoms with Gasteiger partial charge in [-0.2, -0.15) is 0 Å². The van der Waals surface area contributed by atoms with Crippen LogP contribution < -0.4 is 14.2 Å². The van der Waals surface area contributed by atoms with E-state index in [4.69, 9.17) is 9.47 Å². The Morgan fingerprint density at radius 2 is 1.64 bits per heavy atom. The van der Waals surface area contributed by atoms with Crippen LogP contribution in [0.5, 0.6) is 11.6 Å². The lowest BCUT2D eigenvalue weighted by atomic mass is 10.0. The number of ether oxygens (including phenoxy) is 2. The number of hydrogen-bond donors (Lipinski definition) is 1. The van der Waals surface area contributed by atoms with E-state index in [1.807, 2.05) is 32.9 Å². The van der Waals surface area contributed by atoms with E-state index >= 15 is 0 Å². The van der Waals surface area contributed by atoms with Crippen molar-refractivity contribution in [1.29, 1.82) is 0 Å². The molecule has 0 radical (unpaired) electrons. The molecule has 0 aliphatic rings. The highest BCUT2D eigenvalue weighted by Gasteiger charge is 2.21. The number of nitrogens with zero attached hydrogens (tertiary/aromatic N) is 2. The second-order valence-electron chi connectivity index (χ2n) is 8.44. The highest BCUT2D eigenvalue weighted by molar-refractivity contribution is 7.92. The minimum atomic E-state index is -3.84. The molecule has 2 aromatic carbocycles. The van der Waals surface area contributed by atoms with Crippen LogP contribution in [0.4, 0.5) is 5.69 Å². The summed E-state index contributed by atoms with van der Waals surface area (Å²) in [5, 5.41) is 8.31. The van der Waals surface area contributed by atoms with E-state index in [-0.39, 0.29) is 10.8 Å². The maximum absolute atomic E-state index is 13.1. The van der Waals surface area contributed by atoms with E-state index < -0.39 is 10.0 Å². The molecule has 3 rings (SSSR count). The number of anilines is 1. The van der Waals surface area contributed by atoms with Gasteiger partial charge in [-0.25, -0.2) is 8.42 Å². The first-order chi connectivity index (χ1) is 15.7. The van der Waals surface area contributed by atoms with Crippen molar-refractivity contribution in [1.82, 2.24) is 10.2 Å². The molecule has 176 valence electrons. The van der Waals surface area contributed by atoms with E-state index in [0.29, 0.717) is 42.1 Å². The van der Waals surface area contributed by atoms with Crippen molar-refractivity contribution in [2.45, 2.75) is 45.4 Å². The molecule has 0 spiro atoms. The lowest BCUT2D eigenvalue weighted by Crippen LogP contribution is -2.15. The van der Waals surface area contributed by atoms with Gasteiger partial charge >= 0.3 is 0 Å². The van der Waals surface area contributed by atoms with Crippen molar-refractivity contribution in [3.63, 3.8) is 0 Å². The fraction of sp³-hybridized carbons (Fsp3) is 0.360. The van der Waals surface area contributed by atoms with Crippen molar-refractivity contribution in [3.05, 3.63) is 60.2 Å². The van der Waals surface area contributed by atoms with Gasteiger partial charge in [0.2, 0.25) is 5.88 Å². The summed E-state index contributed by atoms with van der Waals surface area (Å²) in [5.74, 6) is 1.41. The van der Waals surface area contributed by atoms with Crippen molar-refractivity contribution < 1.29 is 17.9 Å². The summed E-state index contributed by atoms with van der Waals surface area (Å²) in [4.78, 5) is 0.127. The normalized spacial score (nSPS) is 11.6. The Bertz CT molecular complexity index is 1160. The minimum Gasteiger partial charge on any atom is -0.492 e. The molecular formula is C25H31N3O4S. The van der Waals surface area contributed by atoms with Gasteiger partial charge in [0.15, 0.2) is 0 Å². The SMILES string of the molecule is CCOc1ccc(C(C)C)cc1S(=O)(=O)Nc1ccc(-c2ccc(OCC(C)C)nn2)cc1. The zero-order valence-corrected chi connectivity index (χ0v) is 20.5. The van der Waals surface area contributed by atoms with Crippen LogP contribution in [-0.2, 0) is 10.0 Å². The van der Waals surface area contributed by atoms with E-state index in [2.05, 4.69) is 28.8 Å². The molecule has 1 N–H and O–H groups in total. The molecule has 0 fully saturated rings. The Morgan fingerprint density at radius 1 is 0.909 bits per heavy atom. The Morgan fingerprint density at radius 3 is 2.21 bits per heavy atom. The maximum Gasteiger partial charge on any atom is 0.265 e. The lowest BCUT2D eigenvalue weighted by molar-refractivity contribution is 0.258. The highest BCUT2D eigenvalue weighted by Crippen LogP contribution is 2.30. The molecular weight excluding hydrogens is 438 g/mol. The predicted molar refractivity (Wildman–Crippen MR) is 130 cm³/mol. The topological polar surface area (TPSA) is 90.4 Å². The zero-order valence-electron chi connectivity index (χ0n) is 19.7. The summed E-state index contributed by atoms with van der Waals surface area (Å²) >= 11 is 0. The maximum atomic E-state index is 13.1. The van der Waals surface area contributed by atoms with Crippen LogP contribution in [0.15, 0.2) is 59.5 Å². The van der Waals surface area contributed by atoms with Gasteiger partial charge in [-0.1, -0.05) is 45.9 Å². The molecule has 7 nitrogen and oxygen atoms in total. The fourth-order valence-electron chi connectivity index (χ4n) is 3.09. The standard InChI is InChI=1S/C25H31N3O4S/c1-6-31-23-13-9-20(18(4)5)15-24(23)33(29,30)28-21-10-7-19(8-11-21)22-12-14-25(27-26-22)32-16-17(2)3/h7-15,17-18,28H,6,16H2,1-5H3. The molecule has 0 unspecified atom stereocenters. The summed E-state index contributed by atoms with van der Waals surface area (Å²) in [6.45, 7) is 10.9. The van der Waals surface area contributed by atoms with Crippen LogP contribution in [-0.4, -0.2) is 31.8 Å². The van der Waals surface area contributed by atoms with Crippen molar-refractivity contribution in [3.8, 4) is 22.9 Å². The second-order valence-corrected chi connectivity index (χ2v) is 10.1. The molecule has 0 aliphatic heterocycles. The van der Waals surface area contributed by atoms with Crippen LogP contribution in [0.25, 0.3) is 11.3 Å². The minimum absolute atomic E-state index is 0.127. The first-order valence-corrected chi connectivity index (χ1v) is 12.5. The Labute approximate surface area is 196 Å². The third kappa shape index (κ3) is 6.44. The van der Waals surface area contributed by atoms with Crippen molar-refractivity contribution in [2.75, 3.05) is 17.9 Å². The molecule has 0 atom stereocenters. The number of sulfonamides is 1. The summed E-state index contributed by atoms with van der Waals surface area (Å²) in [6, 6.07) is 15.9. The smallest absolute Gasteiger partial charge is 0.265 e. The van der Waals surface area contributed by atoms with Gasteiger partial charge in [-0.15, -0.1) is 10.2 Å². The van der Waals surface area contributed by atoms with Crippen LogP contribution in [0.3, 0.4) is 0 Å². The Hall–Kier alpha value is -3.13. The fourth-order valence-corrected chi connectivity index (χ4v) is 4.33. The van der Waals surface area contributed by atoms with E-state index in [9.17, 15) is 8.42 Å². The van der Waals surface area contributed by atoms with Crippen LogP contribution >= 0.6 is 0 Å². The first kappa shape index (κ1) is 24.5. The van der Waals surface area contributed by atoms with Crippen LogP contribution in [0.1, 0.15) is 46.1 Å². The number of aromatic nitrogens is 2. The van der Waals surface area contributed by atoms with Gasteiger partial charge < -0.3 is 9.47 Å². The van der Waals surface area contributed by atoms with Gasteiger partial charge in [0.05, 0.1) is 18.9 Å². The summed E-state index contributed by atoms with van der Waals surface area (Å²) in [6.07, 6.45) is 0. The molecule has 8 heteroatoms. The predicted octanol–water partition coefficient (Wildman–Crippen LogP) is 5.50. The summed E-state index contributed by atoms with van der Waals surface area (Å²) in [5.41, 5.74) is 2.86. The quantitative estimate of drug-likeness (QED) is 0.422.